The van der Waals surface area contributed by atoms with Crippen LogP contribution >= 0.6 is 22.9 Å². The number of benzene rings is 1. The zero-order valence-electron chi connectivity index (χ0n) is 20.2. The van der Waals surface area contributed by atoms with Crippen LogP contribution in [0.3, 0.4) is 0 Å². The van der Waals surface area contributed by atoms with E-state index in [4.69, 9.17) is 21.3 Å². The Kier molecular flexibility index (Phi) is 7.02. The molecule has 0 bridgehead atoms. The van der Waals surface area contributed by atoms with Crippen LogP contribution in [-0.4, -0.2) is 70.7 Å². The van der Waals surface area contributed by atoms with E-state index in [9.17, 15) is 4.79 Å². The van der Waals surface area contributed by atoms with Crippen molar-refractivity contribution in [2.45, 2.75) is 33.2 Å². The van der Waals surface area contributed by atoms with Crippen molar-refractivity contribution >= 4 is 34.6 Å². The summed E-state index contributed by atoms with van der Waals surface area (Å²) in [6, 6.07) is 7.38. The molecule has 4 heterocycles. The lowest BCUT2D eigenvalue weighted by atomic mass is 10.00. The molecule has 8 nitrogen and oxygen atoms in total. The van der Waals surface area contributed by atoms with E-state index in [1.165, 1.54) is 10.4 Å². The van der Waals surface area contributed by atoms with Crippen molar-refractivity contribution < 1.29 is 9.53 Å². The Labute approximate surface area is 214 Å². The normalized spacial score (nSPS) is 17.9. The first-order valence-corrected chi connectivity index (χ1v) is 13.0. The molecule has 1 aromatic carbocycles. The second-order valence-electron chi connectivity index (χ2n) is 8.91. The molecule has 2 aliphatic rings. The van der Waals surface area contributed by atoms with Crippen molar-refractivity contribution in [3.63, 3.8) is 0 Å². The molecule has 1 amide bonds. The average molecular weight is 513 g/mol. The summed E-state index contributed by atoms with van der Waals surface area (Å²) in [7, 11) is 0. The van der Waals surface area contributed by atoms with Crippen LogP contribution in [0.4, 0.5) is 0 Å². The number of thiophene rings is 1. The number of ether oxygens (including phenoxy) is 1. The van der Waals surface area contributed by atoms with Gasteiger partial charge >= 0.3 is 0 Å². The van der Waals surface area contributed by atoms with E-state index in [1.807, 2.05) is 31.2 Å². The number of carbonyl (C=O) groups is 1. The lowest BCUT2D eigenvalue weighted by Gasteiger charge is -2.26. The van der Waals surface area contributed by atoms with Gasteiger partial charge in [0, 0.05) is 53.6 Å². The molecule has 0 aliphatic carbocycles. The summed E-state index contributed by atoms with van der Waals surface area (Å²) in [5.41, 5.74) is 4.14. The first-order valence-electron chi connectivity index (χ1n) is 11.9. The molecule has 35 heavy (non-hydrogen) atoms. The summed E-state index contributed by atoms with van der Waals surface area (Å²) in [5, 5.41) is 13.7. The highest BCUT2D eigenvalue weighted by atomic mass is 35.5. The van der Waals surface area contributed by atoms with Crippen molar-refractivity contribution in [3.05, 3.63) is 62.5 Å². The van der Waals surface area contributed by atoms with Gasteiger partial charge < -0.3 is 10.1 Å². The Morgan fingerprint density at radius 1 is 1.17 bits per heavy atom. The summed E-state index contributed by atoms with van der Waals surface area (Å²) >= 11 is 7.89. The van der Waals surface area contributed by atoms with Crippen LogP contribution in [0, 0.1) is 20.8 Å². The predicted molar refractivity (Wildman–Crippen MR) is 138 cm³/mol. The van der Waals surface area contributed by atoms with Gasteiger partial charge in [-0.25, -0.2) is 0 Å². The summed E-state index contributed by atoms with van der Waals surface area (Å²) in [6.07, 6.45) is 0.442. The minimum Gasteiger partial charge on any atom is -0.379 e. The second kappa shape index (κ2) is 10.2. The van der Waals surface area contributed by atoms with Gasteiger partial charge in [-0.1, -0.05) is 23.7 Å². The van der Waals surface area contributed by atoms with Crippen molar-refractivity contribution in [1.82, 2.24) is 25.0 Å². The number of aliphatic imine (C=N–C) groups is 1. The zero-order chi connectivity index (χ0) is 24.5. The fourth-order valence-electron chi connectivity index (χ4n) is 4.52. The standard InChI is InChI=1S/C25H29ClN6O2S/c1-15-16(2)35-25-22(15)23(18-4-6-19(26)7-5-18)28-20(24-30-29-17(3)32(24)25)14-27-21(33)8-9-31-10-12-34-13-11-31/h4-7,20H,8-14H2,1-3H3,(H,27,33). The fraction of sp³-hybridized carbons (Fsp3) is 0.440. The first-order chi connectivity index (χ1) is 16.9. The number of nitrogens with zero attached hydrogens (tertiary/aromatic N) is 5. The molecule has 184 valence electrons. The van der Waals surface area contributed by atoms with Crippen LogP contribution in [0.5, 0.6) is 0 Å². The number of rotatable bonds is 6. The van der Waals surface area contributed by atoms with Gasteiger partial charge in [-0.2, -0.15) is 0 Å². The van der Waals surface area contributed by atoms with E-state index in [0.29, 0.717) is 18.0 Å². The Morgan fingerprint density at radius 3 is 2.66 bits per heavy atom. The Bertz CT molecular complexity index is 1260. The third-order valence-corrected chi connectivity index (χ3v) is 8.05. The molecule has 0 spiro atoms. The van der Waals surface area contributed by atoms with E-state index in [2.05, 4.69) is 38.8 Å². The van der Waals surface area contributed by atoms with Crippen LogP contribution in [0.2, 0.25) is 5.02 Å². The summed E-state index contributed by atoms with van der Waals surface area (Å²) in [4.78, 5) is 21.4. The number of halogens is 1. The molecule has 1 fully saturated rings. The fourth-order valence-corrected chi connectivity index (χ4v) is 5.86. The SMILES string of the molecule is Cc1sc2c(c1C)C(c1ccc(Cl)cc1)=NC(CNC(=O)CCN1CCOCC1)c1nnc(C)n1-2. The number of amides is 1. The number of aryl methyl sites for hydroxylation is 2. The smallest absolute Gasteiger partial charge is 0.221 e. The zero-order valence-corrected chi connectivity index (χ0v) is 21.7. The number of fused-ring (bicyclic) bond motifs is 3. The van der Waals surface area contributed by atoms with Crippen LogP contribution in [0.25, 0.3) is 5.00 Å². The maximum atomic E-state index is 12.7. The Balaban J connectivity index is 1.45. The summed E-state index contributed by atoms with van der Waals surface area (Å²) in [6.45, 7) is 10.5. The maximum absolute atomic E-state index is 12.7. The van der Waals surface area contributed by atoms with Crippen LogP contribution in [0.15, 0.2) is 29.3 Å². The third-order valence-electron chi connectivity index (χ3n) is 6.61. The predicted octanol–water partition coefficient (Wildman–Crippen LogP) is 3.64. The topological polar surface area (TPSA) is 84.6 Å². The number of hydrogen-bond acceptors (Lipinski definition) is 7. The number of hydrogen-bond donors (Lipinski definition) is 1. The number of aromatic nitrogens is 3. The molecule has 0 saturated carbocycles. The molecule has 2 aliphatic heterocycles. The van der Waals surface area contributed by atoms with E-state index in [0.717, 1.165) is 66.3 Å². The minimum atomic E-state index is -0.367. The third kappa shape index (κ3) is 4.91. The highest BCUT2D eigenvalue weighted by molar-refractivity contribution is 7.15. The molecule has 10 heteroatoms. The molecule has 1 N–H and O–H groups in total. The monoisotopic (exact) mass is 512 g/mol. The van der Waals surface area contributed by atoms with Gasteiger partial charge in [0.25, 0.3) is 0 Å². The highest BCUT2D eigenvalue weighted by Crippen LogP contribution is 2.38. The van der Waals surface area contributed by atoms with Crippen LogP contribution in [0.1, 0.15) is 45.7 Å². The minimum absolute atomic E-state index is 0.00793. The van der Waals surface area contributed by atoms with Gasteiger partial charge in [0.1, 0.15) is 16.9 Å². The first kappa shape index (κ1) is 24.1. The lowest BCUT2D eigenvalue weighted by molar-refractivity contribution is -0.121. The molecule has 1 unspecified atom stereocenters. The Morgan fingerprint density at radius 2 is 1.91 bits per heavy atom. The molecule has 3 aromatic rings. The van der Waals surface area contributed by atoms with E-state index >= 15 is 0 Å². The molecular weight excluding hydrogens is 484 g/mol. The molecular formula is C25H29ClN6O2S. The molecule has 5 rings (SSSR count). The van der Waals surface area contributed by atoms with Gasteiger partial charge in [0.2, 0.25) is 5.91 Å². The number of morpholine rings is 1. The van der Waals surface area contributed by atoms with Crippen molar-refractivity contribution in [2.24, 2.45) is 4.99 Å². The van der Waals surface area contributed by atoms with E-state index < -0.39 is 0 Å². The lowest BCUT2D eigenvalue weighted by Crippen LogP contribution is -2.39. The van der Waals surface area contributed by atoms with Gasteiger partial charge in [-0.05, 0) is 38.5 Å². The summed E-state index contributed by atoms with van der Waals surface area (Å²) in [5.74, 6) is 1.55. The van der Waals surface area contributed by atoms with Gasteiger partial charge in [-0.3, -0.25) is 19.3 Å². The molecule has 1 saturated heterocycles. The van der Waals surface area contributed by atoms with Gasteiger partial charge in [0.05, 0.1) is 18.9 Å². The quantitative estimate of drug-likeness (QED) is 0.545. The van der Waals surface area contributed by atoms with Gasteiger partial charge in [0.15, 0.2) is 5.82 Å². The van der Waals surface area contributed by atoms with Crippen molar-refractivity contribution in [3.8, 4) is 5.00 Å². The second-order valence-corrected chi connectivity index (χ2v) is 10.6. The van der Waals surface area contributed by atoms with Crippen molar-refractivity contribution in [2.75, 3.05) is 39.4 Å². The number of nitrogens with one attached hydrogen (secondary N) is 1. The highest BCUT2D eigenvalue weighted by Gasteiger charge is 2.31. The largest absolute Gasteiger partial charge is 0.379 e. The van der Waals surface area contributed by atoms with E-state index in [-0.39, 0.29) is 11.9 Å². The number of carbonyl (C=O) groups excluding carboxylic acids is 1. The van der Waals surface area contributed by atoms with Crippen LogP contribution < -0.4 is 5.32 Å². The summed E-state index contributed by atoms with van der Waals surface area (Å²) < 4.78 is 7.48. The van der Waals surface area contributed by atoms with Gasteiger partial charge in [-0.15, -0.1) is 21.5 Å². The Hall–Kier alpha value is -2.59. The van der Waals surface area contributed by atoms with E-state index in [1.54, 1.807) is 11.3 Å². The van der Waals surface area contributed by atoms with Crippen molar-refractivity contribution in [1.29, 1.82) is 0 Å². The molecule has 0 radical (unpaired) electrons. The van der Waals surface area contributed by atoms with Crippen LogP contribution in [-0.2, 0) is 9.53 Å². The maximum Gasteiger partial charge on any atom is 0.221 e. The molecule has 1 atom stereocenters. The molecule has 2 aromatic heterocycles. The average Bonchev–Trinajstić information content (AvgIpc) is 3.33.